The van der Waals surface area contributed by atoms with Crippen molar-refractivity contribution in [3.05, 3.63) is 107 Å². The quantitative estimate of drug-likeness (QED) is 0.219. The number of rotatable bonds is 10. The van der Waals surface area contributed by atoms with Gasteiger partial charge in [0.2, 0.25) is 0 Å². The average molecular weight is 545 g/mol. The van der Waals surface area contributed by atoms with Crippen LogP contribution in [0, 0.1) is 0 Å². The van der Waals surface area contributed by atoms with Gasteiger partial charge in [0.15, 0.2) is 0 Å². The first kappa shape index (κ1) is 28.0. The Hall–Kier alpha value is -4.07. The first-order valence-corrected chi connectivity index (χ1v) is 13.1. The molecule has 0 aliphatic heterocycles. The molecule has 3 aromatic carbocycles. The van der Waals surface area contributed by atoms with Crippen LogP contribution in [0.3, 0.4) is 0 Å². The van der Waals surface area contributed by atoms with Gasteiger partial charge in [-0.2, -0.15) is 0 Å². The lowest BCUT2D eigenvalue weighted by Gasteiger charge is -2.24. The third-order valence-electron chi connectivity index (χ3n) is 6.05. The largest absolute Gasteiger partial charge is 0.508 e. The van der Waals surface area contributed by atoms with E-state index in [1.54, 1.807) is 35.3 Å². The molecule has 39 heavy (non-hydrogen) atoms. The second-order valence-corrected chi connectivity index (χ2v) is 10.2. The highest BCUT2D eigenvalue weighted by atomic mass is 35.5. The maximum atomic E-state index is 13.2. The van der Waals surface area contributed by atoms with E-state index in [1.165, 1.54) is 0 Å². The molecule has 202 valence electrons. The lowest BCUT2D eigenvalue weighted by atomic mass is 10.1. The Bertz CT molecular complexity index is 1480. The van der Waals surface area contributed by atoms with Crippen molar-refractivity contribution >= 4 is 23.1 Å². The molecule has 1 heterocycles. The molecular formula is C31H33ClN4O3. The highest BCUT2D eigenvalue weighted by Crippen LogP contribution is 2.27. The molecule has 0 fully saturated rings. The maximum Gasteiger partial charge on any atom is 0.265 e. The van der Waals surface area contributed by atoms with E-state index in [9.17, 15) is 9.90 Å². The molecule has 0 saturated heterocycles. The van der Waals surface area contributed by atoms with Gasteiger partial charge in [-0.1, -0.05) is 60.6 Å². The predicted octanol–water partition coefficient (Wildman–Crippen LogP) is 6.61. The van der Waals surface area contributed by atoms with Gasteiger partial charge in [0, 0.05) is 43.0 Å². The Kier molecular flexibility index (Phi) is 8.74. The number of hydrazine groups is 1. The number of hydrogen-bond donors (Lipinski definition) is 2. The molecule has 0 saturated carbocycles. The number of carbonyl (C=O) groups excluding carboxylic acids is 1. The van der Waals surface area contributed by atoms with Crippen LogP contribution in [-0.4, -0.2) is 31.7 Å². The van der Waals surface area contributed by atoms with E-state index in [0.29, 0.717) is 35.0 Å². The maximum absolute atomic E-state index is 13.2. The molecule has 8 heteroatoms. The second-order valence-electron chi connectivity index (χ2n) is 9.78. The van der Waals surface area contributed by atoms with Gasteiger partial charge < -0.3 is 14.4 Å². The normalized spacial score (nSPS) is 11.2. The smallest absolute Gasteiger partial charge is 0.265 e. The monoisotopic (exact) mass is 544 g/mol. The SMILES string of the molecule is C=C(C)c1nc(-c2ccc(CN(Cc3ccccc3O)NC(=O)c3ccc(OC(C)C)c(Cl)c3)cc2)cn1C. The summed E-state index contributed by atoms with van der Waals surface area (Å²) in [5.74, 6) is 1.21. The Morgan fingerprint density at radius 2 is 1.85 bits per heavy atom. The third-order valence-corrected chi connectivity index (χ3v) is 6.35. The molecule has 1 amide bonds. The minimum Gasteiger partial charge on any atom is -0.508 e. The van der Waals surface area contributed by atoms with Gasteiger partial charge >= 0.3 is 0 Å². The van der Waals surface area contributed by atoms with Crippen molar-refractivity contribution in [2.75, 3.05) is 0 Å². The minimum absolute atomic E-state index is 0.0339. The number of imidazole rings is 1. The third kappa shape index (κ3) is 7.07. The van der Waals surface area contributed by atoms with Crippen LogP contribution in [0.1, 0.15) is 48.1 Å². The molecule has 0 atom stereocenters. The van der Waals surface area contributed by atoms with Gasteiger partial charge in [-0.15, -0.1) is 0 Å². The number of para-hydroxylation sites is 1. The van der Waals surface area contributed by atoms with Crippen LogP contribution in [0.2, 0.25) is 5.02 Å². The zero-order chi connectivity index (χ0) is 28.1. The molecule has 0 spiro atoms. The highest BCUT2D eigenvalue weighted by molar-refractivity contribution is 6.32. The van der Waals surface area contributed by atoms with E-state index >= 15 is 0 Å². The predicted molar refractivity (Wildman–Crippen MR) is 155 cm³/mol. The summed E-state index contributed by atoms with van der Waals surface area (Å²) in [6.07, 6.45) is 1.94. The van der Waals surface area contributed by atoms with Crippen LogP contribution >= 0.6 is 11.6 Å². The molecule has 4 rings (SSSR count). The molecule has 7 nitrogen and oxygen atoms in total. The van der Waals surface area contributed by atoms with Crippen molar-refractivity contribution < 1.29 is 14.6 Å². The van der Waals surface area contributed by atoms with Gasteiger partial charge in [-0.3, -0.25) is 10.2 Å². The first-order valence-electron chi connectivity index (χ1n) is 12.7. The first-order chi connectivity index (χ1) is 18.6. The summed E-state index contributed by atoms with van der Waals surface area (Å²) >= 11 is 6.37. The zero-order valence-electron chi connectivity index (χ0n) is 22.6. The second kappa shape index (κ2) is 12.2. The number of halogens is 1. The highest BCUT2D eigenvalue weighted by Gasteiger charge is 2.17. The lowest BCUT2D eigenvalue weighted by molar-refractivity contribution is 0.0757. The van der Waals surface area contributed by atoms with Gasteiger partial charge in [0.1, 0.15) is 17.3 Å². The molecule has 0 unspecified atom stereocenters. The van der Waals surface area contributed by atoms with Crippen molar-refractivity contribution in [3.8, 4) is 22.8 Å². The molecule has 0 bridgehead atoms. The summed E-state index contributed by atoms with van der Waals surface area (Å²) in [4.78, 5) is 17.9. The number of ether oxygens (including phenoxy) is 1. The topological polar surface area (TPSA) is 79.6 Å². The number of nitrogens with zero attached hydrogens (tertiary/aromatic N) is 3. The van der Waals surface area contributed by atoms with Gasteiger partial charge in [0.25, 0.3) is 5.91 Å². The van der Waals surface area contributed by atoms with Crippen LogP contribution in [0.25, 0.3) is 16.8 Å². The van der Waals surface area contributed by atoms with E-state index in [4.69, 9.17) is 16.3 Å². The molecule has 1 aromatic heterocycles. The van der Waals surface area contributed by atoms with Crippen LogP contribution < -0.4 is 10.2 Å². The van der Waals surface area contributed by atoms with E-state index in [1.807, 2.05) is 75.0 Å². The van der Waals surface area contributed by atoms with Crippen molar-refractivity contribution in [2.45, 2.75) is 40.0 Å². The van der Waals surface area contributed by atoms with Crippen molar-refractivity contribution in [1.82, 2.24) is 20.0 Å². The zero-order valence-corrected chi connectivity index (χ0v) is 23.4. The molecular weight excluding hydrogens is 512 g/mol. The van der Waals surface area contributed by atoms with Crippen molar-refractivity contribution in [3.63, 3.8) is 0 Å². The number of aryl methyl sites for hydroxylation is 1. The average Bonchev–Trinajstić information content (AvgIpc) is 3.28. The van der Waals surface area contributed by atoms with Crippen LogP contribution in [0.15, 0.2) is 79.5 Å². The van der Waals surface area contributed by atoms with Crippen LogP contribution in [0.5, 0.6) is 11.5 Å². The number of phenolic OH excluding ortho intramolecular Hbond substituents is 1. The van der Waals surface area contributed by atoms with Crippen LogP contribution in [0.4, 0.5) is 0 Å². The molecule has 0 aliphatic carbocycles. The number of allylic oxidation sites excluding steroid dienone is 1. The minimum atomic E-state index is -0.319. The fourth-order valence-electron chi connectivity index (χ4n) is 4.19. The number of hydrogen-bond acceptors (Lipinski definition) is 5. The number of carbonyl (C=O) groups is 1. The van der Waals surface area contributed by atoms with E-state index < -0.39 is 0 Å². The molecule has 4 aromatic rings. The van der Waals surface area contributed by atoms with Gasteiger partial charge in [0.05, 0.1) is 16.8 Å². The summed E-state index contributed by atoms with van der Waals surface area (Å²) in [5.41, 5.74) is 7.79. The van der Waals surface area contributed by atoms with E-state index in [2.05, 4.69) is 17.0 Å². The molecule has 0 radical (unpaired) electrons. The summed E-state index contributed by atoms with van der Waals surface area (Å²) < 4.78 is 7.64. The van der Waals surface area contributed by atoms with E-state index in [0.717, 1.165) is 28.2 Å². The number of aromatic hydroxyl groups is 1. The van der Waals surface area contributed by atoms with Crippen LogP contribution in [-0.2, 0) is 20.1 Å². The van der Waals surface area contributed by atoms with Gasteiger partial charge in [-0.25, -0.2) is 9.99 Å². The molecule has 0 aliphatic rings. The Balaban J connectivity index is 1.54. The number of amides is 1. The number of phenols is 1. The van der Waals surface area contributed by atoms with E-state index in [-0.39, 0.29) is 17.8 Å². The Labute approximate surface area is 234 Å². The van der Waals surface area contributed by atoms with Gasteiger partial charge in [-0.05, 0) is 56.2 Å². The number of nitrogens with one attached hydrogen (secondary N) is 1. The lowest BCUT2D eigenvalue weighted by Crippen LogP contribution is -2.41. The summed E-state index contributed by atoms with van der Waals surface area (Å²) in [5, 5.41) is 12.5. The number of aromatic nitrogens is 2. The standard InChI is InChI=1S/C31H33ClN4O3/c1-20(2)30-33-27(19-35(30)5)23-12-10-22(11-13-23)17-36(18-25-8-6-7-9-28(25)37)34-31(38)24-14-15-29(26(32)16-24)39-21(3)4/h6-16,19,21,37H,1,17-18H2,2-5H3,(H,34,38). The summed E-state index contributed by atoms with van der Waals surface area (Å²) in [7, 11) is 1.95. The fraction of sp³-hybridized carbons (Fsp3) is 0.226. The van der Waals surface area contributed by atoms with Crippen molar-refractivity contribution in [2.24, 2.45) is 7.05 Å². The summed E-state index contributed by atoms with van der Waals surface area (Å²) in [6.45, 7) is 10.5. The Morgan fingerprint density at radius 1 is 1.13 bits per heavy atom. The number of benzene rings is 3. The molecule has 2 N–H and O–H groups in total. The fourth-order valence-corrected chi connectivity index (χ4v) is 4.41. The summed E-state index contributed by atoms with van der Waals surface area (Å²) in [6, 6.07) is 20.1. The van der Waals surface area contributed by atoms with Crippen molar-refractivity contribution in [1.29, 1.82) is 0 Å². The Morgan fingerprint density at radius 3 is 2.46 bits per heavy atom.